The SMILES string of the molecule is CCc1cc(C)cc(CC)c1C1=C(O)[C@H]2C3CCC(CC3)[C@H]2C1=O. The van der Waals surface area contributed by atoms with E-state index in [1.165, 1.54) is 42.4 Å². The quantitative estimate of drug-likeness (QED) is 0.847. The van der Waals surface area contributed by atoms with E-state index < -0.39 is 0 Å². The summed E-state index contributed by atoms with van der Waals surface area (Å²) in [4.78, 5) is 13.3. The normalized spacial score (nSPS) is 31.7. The predicted octanol–water partition coefficient (Wildman–Crippen LogP) is 5.02. The summed E-state index contributed by atoms with van der Waals surface area (Å²) in [5.41, 5.74) is 5.41. The highest BCUT2D eigenvalue weighted by Crippen LogP contribution is 2.57. The maximum atomic E-state index is 13.3. The Labute approximate surface area is 145 Å². The molecule has 128 valence electrons. The van der Waals surface area contributed by atoms with E-state index in [4.69, 9.17) is 0 Å². The second kappa shape index (κ2) is 5.75. The van der Waals surface area contributed by atoms with Crippen LogP contribution in [0.4, 0.5) is 0 Å². The second-order valence-corrected chi connectivity index (χ2v) is 8.02. The molecule has 0 amide bonds. The minimum Gasteiger partial charge on any atom is -0.511 e. The summed E-state index contributed by atoms with van der Waals surface area (Å²) in [5.74, 6) is 1.83. The number of rotatable bonds is 3. The van der Waals surface area contributed by atoms with Gasteiger partial charge < -0.3 is 5.11 Å². The van der Waals surface area contributed by atoms with Gasteiger partial charge in [-0.2, -0.15) is 0 Å². The number of carbonyl (C=O) groups is 1. The molecule has 2 nitrogen and oxygen atoms in total. The highest BCUT2D eigenvalue weighted by molar-refractivity contribution is 6.25. The van der Waals surface area contributed by atoms with Crippen LogP contribution in [0.3, 0.4) is 0 Å². The van der Waals surface area contributed by atoms with E-state index >= 15 is 0 Å². The summed E-state index contributed by atoms with van der Waals surface area (Å²) in [6.45, 7) is 6.41. The lowest BCUT2D eigenvalue weighted by Crippen LogP contribution is -2.41. The molecule has 0 heterocycles. The Balaban J connectivity index is 1.89. The fourth-order valence-electron chi connectivity index (χ4n) is 5.75. The van der Waals surface area contributed by atoms with Gasteiger partial charge in [0.25, 0.3) is 0 Å². The molecule has 4 aliphatic rings. The number of aliphatic hydroxyl groups is 1. The Morgan fingerprint density at radius 3 is 1.92 bits per heavy atom. The number of aryl methyl sites for hydroxylation is 3. The molecule has 5 rings (SSSR count). The number of ketones is 1. The van der Waals surface area contributed by atoms with Gasteiger partial charge in [0.1, 0.15) is 5.76 Å². The molecule has 2 heteroatoms. The average molecular weight is 324 g/mol. The number of carbonyl (C=O) groups excluding carboxylic acids is 1. The van der Waals surface area contributed by atoms with Crippen LogP contribution >= 0.6 is 0 Å². The molecule has 2 bridgehead atoms. The lowest BCUT2D eigenvalue weighted by Gasteiger charge is -2.44. The largest absolute Gasteiger partial charge is 0.511 e. The van der Waals surface area contributed by atoms with E-state index in [0.717, 1.165) is 18.4 Å². The molecular formula is C22H28O2. The molecule has 3 fully saturated rings. The van der Waals surface area contributed by atoms with Gasteiger partial charge >= 0.3 is 0 Å². The Hall–Kier alpha value is -1.57. The highest BCUT2D eigenvalue weighted by atomic mass is 16.3. The first-order valence-electron chi connectivity index (χ1n) is 9.66. The monoisotopic (exact) mass is 324 g/mol. The zero-order chi connectivity index (χ0) is 17.0. The fraction of sp³-hybridized carbons (Fsp3) is 0.591. The summed E-state index contributed by atoms with van der Waals surface area (Å²) in [6, 6.07) is 4.39. The lowest BCUT2D eigenvalue weighted by atomic mass is 9.59. The van der Waals surface area contributed by atoms with Gasteiger partial charge in [-0.05, 0) is 74.0 Å². The molecular weight excluding hydrogens is 296 g/mol. The van der Waals surface area contributed by atoms with Crippen LogP contribution in [0.2, 0.25) is 0 Å². The van der Waals surface area contributed by atoms with E-state index in [9.17, 15) is 9.90 Å². The Bertz CT molecular complexity index is 694. The molecule has 0 saturated heterocycles. The average Bonchev–Trinajstić information content (AvgIpc) is 2.88. The van der Waals surface area contributed by atoms with Crippen molar-refractivity contribution in [2.24, 2.45) is 23.7 Å². The van der Waals surface area contributed by atoms with Crippen LogP contribution in [0.25, 0.3) is 5.57 Å². The van der Waals surface area contributed by atoms with Crippen LogP contribution in [-0.4, -0.2) is 10.9 Å². The number of benzene rings is 1. The summed E-state index contributed by atoms with van der Waals surface area (Å²) in [7, 11) is 0. The van der Waals surface area contributed by atoms with Crippen LogP contribution in [-0.2, 0) is 17.6 Å². The summed E-state index contributed by atoms with van der Waals surface area (Å²) in [6.07, 6.45) is 6.52. The van der Waals surface area contributed by atoms with E-state index in [0.29, 0.717) is 23.2 Å². The molecule has 0 aromatic heterocycles. The van der Waals surface area contributed by atoms with Crippen molar-refractivity contribution in [3.05, 3.63) is 40.1 Å². The maximum Gasteiger partial charge on any atom is 0.170 e. The lowest BCUT2D eigenvalue weighted by molar-refractivity contribution is -0.123. The number of Topliss-reactive ketones (excluding diaryl/α,β-unsaturated/α-hetero) is 1. The Morgan fingerprint density at radius 2 is 1.46 bits per heavy atom. The molecule has 0 aliphatic heterocycles. The molecule has 1 N–H and O–H groups in total. The summed E-state index contributed by atoms with van der Waals surface area (Å²) >= 11 is 0. The molecule has 1 aromatic rings. The molecule has 0 spiro atoms. The molecule has 1 aromatic carbocycles. The third-order valence-electron chi connectivity index (χ3n) is 6.80. The van der Waals surface area contributed by atoms with Crippen LogP contribution < -0.4 is 0 Å². The minimum absolute atomic E-state index is 0.0585. The molecule has 3 saturated carbocycles. The van der Waals surface area contributed by atoms with Crippen molar-refractivity contribution in [2.45, 2.75) is 59.3 Å². The zero-order valence-corrected chi connectivity index (χ0v) is 15.1. The maximum absolute atomic E-state index is 13.3. The summed E-state index contributed by atoms with van der Waals surface area (Å²) in [5, 5.41) is 11.1. The minimum atomic E-state index is 0.0585. The van der Waals surface area contributed by atoms with Gasteiger partial charge in [0, 0.05) is 11.8 Å². The second-order valence-electron chi connectivity index (χ2n) is 8.02. The van der Waals surface area contributed by atoms with Gasteiger partial charge in [0.15, 0.2) is 5.78 Å². The Morgan fingerprint density at radius 1 is 0.958 bits per heavy atom. The van der Waals surface area contributed by atoms with E-state index in [1.807, 2.05) is 0 Å². The van der Waals surface area contributed by atoms with Crippen molar-refractivity contribution in [1.29, 1.82) is 0 Å². The summed E-state index contributed by atoms with van der Waals surface area (Å²) < 4.78 is 0. The third kappa shape index (κ3) is 2.11. The van der Waals surface area contributed by atoms with Crippen molar-refractivity contribution in [3.63, 3.8) is 0 Å². The predicted molar refractivity (Wildman–Crippen MR) is 96.9 cm³/mol. The topological polar surface area (TPSA) is 37.3 Å². The molecule has 24 heavy (non-hydrogen) atoms. The van der Waals surface area contributed by atoms with Crippen molar-refractivity contribution in [2.75, 3.05) is 0 Å². The van der Waals surface area contributed by atoms with Crippen molar-refractivity contribution >= 4 is 11.4 Å². The van der Waals surface area contributed by atoms with E-state index in [-0.39, 0.29) is 17.6 Å². The van der Waals surface area contributed by atoms with Gasteiger partial charge in [-0.15, -0.1) is 0 Å². The molecule has 0 radical (unpaired) electrons. The number of allylic oxidation sites excluding steroid dienone is 2. The van der Waals surface area contributed by atoms with Crippen LogP contribution in [0.15, 0.2) is 17.9 Å². The van der Waals surface area contributed by atoms with Crippen LogP contribution in [0.5, 0.6) is 0 Å². The molecule has 2 atom stereocenters. The fourth-order valence-corrected chi connectivity index (χ4v) is 5.75. The number of aliphatic hydroxyl groups excluding tert-OH is 1. The van der Waals surface area contributed by atoms with Crippen molar-refractivity contribution in [1.82, 2.24) is 0 Å². The van der Waals surface area contributed by atoms with Gasteiger partial charge in [0.2, 0.25) is 0 Å². The molecule has 4 aliphatic carbocycles. The third-order valence-corrected chi connectivity index (χ3v) is 6.80. The number of hydrogen-bond acceptors (Lipinski definition) is 2. The number of fused-ring (bicyclic) bond motifs is 2. The van der Waals surface area contributed by atoms with Crippen molar-refractivity contribution in [3.8, 4) is 0 Å². The first-order valence-corrected chi connectivity index (χ1v) is 9.66. The molecule has 0 unspecified atom stereocenters. The van der Waals surface area contributed by atoms with Gasteiger partial charge in [0.05, 0.1) is 5.57 Å². The first kappa shape index (κ1) is 15.9. The number of hydrogen-bond donors (Lipinski definition) is 1. The van der Waals surface area contributed by atoms with Crippen LogP contribution in [0, 0.1) is 30.6 Å². The standard InChI is InChI=1S/C22H28O2/c1-4-13-10-12(3)11-14(5-2)17(13)20-21(23)18-15-6-7-16(9-8-15)19(18)22(20)24/h10-11,15-16,18-19,23H,4-9H2,1-3H3/t15?,16?,18-,19+/m0/s1. The Kier molecular flexibility index (Phi) is 3.82. The van der Waals surface area contributed by atoms with E-state index in [1.54, 1.807) is 0 Å². The highest BCUT2D eigenvalue weighted by Gasteiger charge is 2.54. The first-order chi connectivity index (χ1) is 11.6. The zero-order valence-electron chi connectivity index (χ0n) is 15.1. The van der Waals surface area contributed by atoms with E-state index in [2.05, 4.69) is 32.9 Å². The van der Waals surface area contributed by atoms with Crippen molar-refractivity contribution < 1.29 is 9.90 Å². The van der Waals surface area contributed by atoms with Gasteiger partial charge in [-0.1, -0.05) is 31.5 Å². The smallest absolute Gasteiger partial charge is 0.170 e. The van der Waals surface area contributed by atoms with Gasteiger partial charge in [-0.25, -0.2) is 0 Å². The van der Waals surface area contributed by atoms with Crippen LogP contribution in [0.1, 0.15) is 61.8 Å². The van der Waals surface area contributed by atoms with Gasteiger partial charge in [-0.3, -0.25) is 4.79 Å².